The molecule has 1 aromatic heterocycles. The molecule has 1 atom stereocenters. The van der Waals surface area contributed by atoms with Crippen molar-refractivity contribution < 1.29 is 14.3 Å². The molecule has 0 spiro atoms. The number of hydrogen-bond donors (Lipinski definition) is 0. The predicted molar refractivity (Wildman–Crippen MR) is 66.9 cm³/mol. The summed E-state index contributed by atoms with van der Waals surface area (Å²) in [5.41, 5.74) is 0.533. The van der Waals surface area contributed by atoms with Crippen LogP contribution in [0.4, 0.5) is 0 Å². The molecular formula is C13H20N2O3. The maximum Gasteiger partial charge on any atom is 0.213 e. The first kappa shape index (κ1) is 13.1. The normalized spacial score (nSPS) is 16.6. The summed E-state index contributed by atoms with van der Waals surface area (Å²) in [6, 6.07) is 0. The second-order valence-corrected chi connectivity index (χ2v) is 4.45. The molecule has 1 unspecified atom stereocenters. The van der Waals surface area contributed by atoms with Gasteiger partial charge in [-0.2, -0.15) is 5.10 Å². The molecule has 1 heterocycles. The second-order valence-electron chi connectivity index (χ2n) is 4.45. The first-order chi connectivity index (χ1) is 8.72. The Morgan fingerprint density at radius 3 is 2.78 bits per heavy atom. The van der Waals surface area contributed by atoms with Crippen LogP contribution in [0.1, 0.15) is 37.2 Å². The quantitative estimate of drug-likeness (QED) is 0.696. The minimum Gasteiger partial charge on any atom is -0.493 e. The smallest absolute Gasteiger partial charge is 0.213 e. The molecule has 1 aliphatic carbocycles. The van der Waals surface area contributed by atoms with Gasteiger partial charge < -0.3 is 9.47 Å². The number of ether oxygens (including phenoxy) is 2. The molecule has 0 bridgehead atoms. The van der Waals surface area contributed by atoms with E-state index in [-0.39, 0.29) is 11.9 Å². The van der Waals surface area contributed by atoms with Crippen molar-refractivity contribution in [1.29, 1.82) is 0 Å². The Labute approximate surface area is 107 Å². The van der Waals surface area contributed by atoms with Crippen LogP contribution in [0.3, 0.4) is 0 Å². The zero-order valence-electron chi connectivity index (χ0n) is 11.2. The lowest BCUT2D eigenvalue weighted by Gasteiger charge is -2.16. The Bertz CT molecular complexity index is 402. The highest BCUT2D eigenvalue weighted by Gasteiger charge is 2.39. The standard InChI is InChI=1S/C13H20N2O3/c1-4-15-11(10(17-3)8-14-15)12(16)13(18-5-2)9-6-7-9/h8-9,13H,4-7H2,1-3H3. The average molecular weight is 252 g/mol. The summed E-state index contributed by atoms with van der Waals surface area (Å²) in [7, 11) is 1.56. The van der Waals surface area contributed by atoms with Crippen molar-refractivity contribution in [1.82, 2.24) is 9.78 Å². The topological polar surface area (TPSA) is 53.4 Å². The molecule has 0 radical (unpaired) electrons. The maximum atomic E-state index is 12.6. The second kappa shape index (κ2) is 5.52. The SMILES string of the molecule is CCOC(C(=O)c1c(OC)cnn1CC)C1CC1. The molecule has 5 nitrogen and oxygen atoms in total. The van der Waals surface area contributed by atoms with Crippen molar-refractivity contribution in [2.75, 3.05) is 13.7 Å². The van der Waals surface area contributed by atoms with Crippen LogP contribution in [0.25, 0.3) is 0 Å². The number of nitrogens with zero attached hydrogens (tertiary/aromatic N) is 2. The van der Waals surface area contributed by atoms with Crippen LogP contribution < -0.4 is 4.74 Å². The van der Waals surface area contributed by atoms with Gasteiger partial charge in [0.2, 0.25) is 5.78 Å². The highest BCUT2D eigenvalue weighted by molar-refractivity contribution is 6.00. The Kier molecular flexibility index (Phi) is 4.01. The fourth-order valence-electron chi connectivity index (χ4n) is 2.15. The number of aromatic nitrogens is 2. The number of methoxy groups -OCH3 is 1. The average Bonchev–Trinajstić information content (AvgIpc) is 3.13. The molecule has 100 valence electrons. The van der Waals surface area contributed by atoms with Gasteiger partial charge in [-0.1, -0.05) is 0 Å². The van der Waals surface area contributed by atoms with E-state index >= 15 is 0 Å². The summed E-state index contributed by atoms with van der Waals surface area (Å²) in [5, 5.41) is 4.16. The van der Waals surface area contributed by atoms with E-state index in [1.165, 1.54) is 0 Å². The van der Waals surface area contributed by atoms with Gasteiger partial charge in [-0.3, -0.25) is 9.48 Å². The molecule has 0 amide bonds. The van der Waals surface area contributed by atoms with E-state index in [0.717, 1.165) is 12.8 Å². The third kappa shape index (κ3) is 2.41. The first-order valence-electron chi connectivity index (χ1n) is 6.48. The molecule has 0 N–H and O–H groups in total. The monoisotopic (exact) mass is 252 g/mol. The van der Waals surface area contributed by atoms with Gasteiger partial charge >= 0.3 is 0 Å². The fourth-order valence-corrected chi connectivity index (χ4v) is 2.15. The zero-order chi connectivity index (χ0) is 13.1. The molecule has 1 fully saturated rings. The maximum absolute atomic E-state index is 12.6. The van der Waals surface area contributed by atoms with Gasteiger partial charge in [0.05, 0.1) is 13.3 Å². The van der Waals surface area contributed by atoms with Gasteiger partial charge in [-0.05, 0) is 32.6 Å². The first-order valence-corrected chi connectivity index (χ1v) is 6.48. The van der Waals surface area contributed by atoms with Crippen molar-refractivity contribution in [3.63, 3.8) is 0 Å². The van der Waals surface area contributed by atoms with Gasteiger partial charge in [0.1, 0.15) is 11.8 Å². The van der Waals surface area contributed by atoms with Crippen LogP contribution in [0.5, 0.6) is 5.75 Å². The van der Waals surface area contributed by atoms with E-state index in [1.807, 2.05) is 13.8 Å². The molecule has 0 saturated heterocycles. The van der Waals surface area contributed by atoms with Crippen LogP contribution >= 0.6 is 0 Å². The van der Waals surface area contributed by atoms with E-state index in [1.54, 1.807) is 18.0 Å². The summed E-state index contributed by atoms with van der Waals surface area (Å²) in [5.74, 6) is 0.894. The fraction of sp³-hybridized carbons (Fsp3) is 0.692. The van der Waals surface area contributed by atoms with Crippen molar-refractivity contribution in [2.45, 2.75) is 39.3 Å². The van der Waals surface area contributed by atoms with Gasteiger partial charge in [-0.25, -0.2) is 0 Å². The molecule has 5 heteroatoms. The summed E-state index contributed by atoms with van der Waals surface area (Å²) in [4.78, 5) is 12.6. The van der Waals surface area contributed by atoms with Gasteiger partial charge in [0, 0.05) is 13.2 Å². The molecule has 1 aliphatic rings. The summed E-state index contributed by atoms with van der Waals surface area (Å²) >= 11 is 0. The number of Topliss-reactive ketones (excluding diaryl/α,β-unsaturated/α-hetero) is 1. The lowest BCUT2D eigenvalue weighted by Crippen LogP contribution is -2.29. The Morgan fingerprint density at radius 1 is 1.56 bits per heavy atom. The van der Waals surface area contributed by atoms with E-state index < -0.39 is 0 Å². The summed E-state index contributed by atoms with van der Waals surface area (Å²) in [6.45, 7) is 5.07. The van der Waals surface area contributed by atoms with Crippen molar-refractivity contribution >= 4 is 5.78 Å². The Morgan fingerprint density at radius 2 is 2.28 bits per heavy atom. The number of ketones is 1. The van der Waals surface area contributed by atoms with Crippen LogP contribution in [0.15, 0.2) is 6.20 Å². The highest BCUT2D eigenvalue weighted by Crippen LogP contribution is 2.37. The van der Waals surface area contributed by atoms with E-state index in [9.17, 15) is 4.79 Å². The number of carbonyl (C=O) groups is 1. The molecule has 1 saturated carbocycles. The van der Waals surface area contributed by atoms with Gasteiger partial charge in [0.25, 0.3) is 0 Å². The summed E-state index contributed by atoms with van der Waals surface area (Å²) in [6.07, 6.45) is 3.39. The van der Waals surface area contributed by atoms with E-state index in [0.29, 0.717) is 30.5 Å². The van der Waals surface area contributed by atoms with Crippen molar-refractivity contribution in [2.24, 2.45) is 5.92 Å². The Hall–Kier alpha value is -1.36. The number of rotatable bonds is 7. The highest BCUT2D eigenvalue weighted by atomic mass is 16.5. The lowest BCUT2D eigenvalue weighted by molar-refractivity contribution is 0.0363. The molecule has 2 rings (SSSR count). The third-order valence-corrected chi connectivity index (χ3v) is 3.21. The van der Waals surface area contributed by atoms with Crippen LogP contribution in [-0.2, 0) is 11.3 Å². The summed E-state index contributed by atoms with van der Waals surface area (Å²) < 4.78 is 12.5. The molecule has 0 aliphatic heterocycles. The molecule has 18 heavy (non-hydrogen) atoms. The van der Waals surface area contributed by atoms with Crippen LogP contribution in [0, 0.1) is 5.92 Å². The van der Waals surface area contributed by atoms with Crippen molar-refractivity contribution in [3.05, 3.63) is 11.9 Å². The number of hydrogen-bond acceptors (Lipinski definition) is 4. The minimum atomic E-state index is -0.342. The zero-order valence-corrected chi connectivity index (χ0v) is 11.2. The number of carbonyl (C=O) groups excluding carboxylic acids is 1. The number of aryl methyl sites for hydroxylation is 1. The van der Waals surface area contributed by atoms with E-state index in [4.69, 9.17) is 9.47 Å². The molecular weight excluding hydrogens is 232 g/mol. The van der Waals surface area contributed by atoms with E-state index in [2.05, 4.69) is 5.10 Å². The molecule has 0 aromatic carbocycles. The van der Waals surface area contributed by atoms with Crippen LogP contribution in [0.2, 0.25) is 0 Å². The third-order valence-electron chi connectivity index (χ3n) is 3.21. The van der Waals surface area contributed by atoms with Gasteiger partial charge in [-0.15, -0.1) is 0 Å². The largest absolute Gasteiger partial charge is 0.493 e. The lowest BCUT2D eigenvalue weighted by atomic mass is 10.1. The van der Waals surface area contributed by atoms with Crippen LogP contribution in [-0.4, -0.2) is 35.4 Å². The Balaban J connectivity index is 2.27. The predicted octanol–water partition coefficient (Wildman–Crippen LogP) is 1.91. The van der Waals surface area contributed by atoms with Gasteiger partial charge in [0.15, 0.2) is 5.75 Å². The van der Waals surface area contributed by atoms with Crippen molar-refractivity contribution in [3.8, 4) is 5.75 Å². The molecule has 1 aromatic rings. The minimum absolute atomic E-state index is 0.00412.